The molecule has 0 radical (unpaired) electrons. The van der Waals surface area contributed by atoms with Crippen molar-refractivity contribution < 1.29 is 32.0 Å². The lowest BCUT2D eigenvalue weighted by atomic mass is 9.99. The van der Waals surface area contributed by atoms with Crippen LogP contribution in [0.5, 0.6) is 11.5 Å². The molecular formula is C32H38N4O7S. The van der Waals surface area contributed by atoms with Crippen LogP contribution in [0.1, 0.15) is 63.7 Å². The summed E-state index contributed by atoms with van der Waals surface area (Å²) < 4.78 is 44.4. The Hall–Kier alpha value is -3.97. The predicted octanol–water partition coefficient (Wildman–Crippen LogP) is 4.10. The largest absolute Gasteiger partial charge is 0.493 e. The van der Waals surface area contributed by atoms with Gasteiger partial charge in [0, 0.05) is 38.8 Å². The van der Waals surface area contributed by atoms with Crippen LogP contribution in [0, 0.1) is 0 Å². The highest BCUT2D eigenvalue weighted by molar-refractivity contribution is 7.83. The smallest absolute Gasteiger partial charge is 0.333 e. The molecule has 0 aliphatic carbocycles. The number of hydrogen-bond donors (Lipinski definition) is 2. The zero-order valence-electron chi connectivity index (χ0n) is 25.1. The summed E-state index contributed by atoms with van der Waals surface area (Å²) in [6.07, 6.45) is 0.496. The summed E-state index contributed by atoms with van der Waals surface area (Å²) in [5.41, 5.74) is 3.34. The lowest BCUT2D eigenvalue weighted by Crippen LogP contribution is -2.47. The molecule has 44 heavy (non-hydrogen) atoms. The maximum Gasteiger partial charge on any atom is 0.333 e. The van der Waals surface area contributed by atoms with Gasteiger partial charge in [-0.05, 0) is 55.2 Å². The molecule has 0 bridgehead atoms. The fourth-order valence-electron chi connectivity index (χ4n) is 6.13. The number of nitrogens with one attached hydrogen (secondary N) is 1. The van der Waals surface area contributed by atoms with E-state index >= 15 is 0 Å². The Kier molecular flexibility index (Phi) is 9.54. The Morgan fingerprint density at radius 1 is 0.864 bits per heavy atom. The van der Waals surface area contributed by atoms with E-state index in [0.29, 0.717) is 41.3 Å². The number of carbonyl (C=O) groups is 2. The fourth-order valence-corrected chi connectivity index (χ4v) is 6.53. The number of nitrogens with zero attached hydrogens (tertiary/aromatic N) is 3. The quantitative estimate of drug-likeness (QED) is 0.174. The highest BCUT2D eigenvalue weighted by atomic mass is 32.2. The predicted molar refractivity (Wildman–Crippen MR) is 167 cm³/mol. The van der Waals surface area contributed by atoms with Crippen LogP contribution in [0.2, 0.25) is 0 Å². The number of rotatable bonds is 12. The average Bonchev–Trinajstić information content (AvgIpc) is 3.29. The molecule has 3 aromatic carbocycles. The average molecular weight is 623 g/mol. The summed E-state index contributed by atoms with van der Waals surface area (Å²) in [7, 11) is -1.36. The van der Waals surface area contributed by atoms with Crippen LogP contribution < -0.4 is 19.1 Å². The SMILES string of the molecule is COc1ccc([C@@H](CCCNS(=O)(=O)O)N2C(=O)c3cccc(N4CCN([C@H](C)c5ccccc5)CC4)c3C2=O)cc1OC. The normalized spacial score (nSPS) is 17.0. The molecule has 234 valence electrons. The van der Waals surface area contributed by atoms with Crippen LogP contribution >= 0.6 is 0 Å². The molecule has 5 rings (SSSR count). The molecule has 1 saturated heterocycles. The molecule has 1 fully saturated rings. The number of fused-ring (bicyclic) bond motifs is 1. The first kappa shape index (κ1) is 31.5. The van der Waals surface area contributed by atoms with Gasteiger partial charge in [-0.3, -0.25) is 23.9 Å². The molecule has 11 nitrogen and oxygen atoms in total. The Morgan fingerprint density at radius 3 is 2.23 bits per heavy atom. The summed E-state index contributed by atoms with van der Waals surface area (Å²) in [6.45, 7) is 5.15. The number of benzene rings is 3. The molecule has 12 heteroatoms. The van der Waals surface area contributed by atoms with Crippen molar-refractivity contribution in [2.45, 2.75) is 31.8 Å². The summed E-state index contributed by atoms with van der Waals surface area (Å²) in [6, 6.07) is 20.5. The number of hydrogen-bond acceptors (Lipinski definition) is 8. The highest BCUT2D eigenvalue weighted by Crippen LogP contribution is 2.40. The van der Waals surface area contributed by atoms with E-state index in [1.54, 1.807) is 24.3 Å². The molecule has 2 N–H and O–H groups in total. The zero-order valence-corrected chi connectivity index (χ0v) is 25.9. The monoisotopic (exact) mass is 622 g/mol. The lowest BCUT2D eigenvalue weighted by Gasteiger charge is -2.39. The van der Waals surface area contributed by atoms with Gasteiger partial charge in [0.2, 0.25) is 0 Å². The van der Waals surface area contributed by atoms with Crippen molar-refractivity contribution in [3.63, 3.8) is 0 Å². The van der Waals surface area contributed by atoms with E-state index in [9.17, 15) is 18.0 Å². The fraction of sp³-hybridized carbons (Fsp3) is 0.375. The molecular weight excluding hydrogens is 584 g/mol. The Balaban J connectivity index is 1.40. The molecule has 2 heterocycles. The summed E-state index contributed by atoms with van der Waals surface area (Å²) in [5, 5.41) is 0. The summed E-state index contributed by atoms with van der Waals surface area (Å²) in [4.78, 5) is 33.9. The van der Waals surface area contributed by atoms with Crippen molar-refractivity contribution in [3.05, 3.63) is 89.0 Å². The third kappa shape index (κ3) is 6.58. The van der Waals surface area contributed by atoms with Crippen molar-refractivity contribution >= 4 is 27.8 Å². The molecule has 0 aromatic heterocycles. The van der Waals surface area contributed by atoms with Crippen LogP contribution in [0.3, 0.4) is 0 Å². The Bertz CT molecular complexity index is 1610. The van der Waals surface area contributed by atoms with Crippen molar-refractivity contribution in [1.82, 2.24) is 14.5 Å². The summed E-state index contributed by atoms with van der Waals surface area (Å²) >= 11 is 0. The number of methoxy groups -OCH3 is 2. The van der Waals surface area contributed by atoms with Crippen LogP contribution in [0.25, 0.3) is 0 Å². The first-order valence-corrected chi connectivity index (χ1v) is 16.1. The van der Waals surface area contributed by atoms with E-state index in [4.69, 9.17) is 14.0 Å². The first-order valence-electron chi connectivity index (χ1n) is 14.6. The second kappa shape index (κ2) is 13.3. The van der Waals surface area contributed by atoms with Crippen molar-refractivity contribution in [3.8, 4) is 11.5 Å². The molecule has 3 aromatic rings. The number of amides is 2. The molecule has 0 unspecified atom stereocenters. The van der Waals surface area contributed by atoms with Gasteiger partial charge in [-0.25, -0.2) is 0 Å². The number of anilines is 1. The van der Waals surface area contributed by atoms with Crippen LogP contribution in [-0.2, 0) is 10.3 Å². The number of imide groups is 1. The topological polar surface area (TPSA) is 129 Å². The van der Waals surface area contributed by atoms with E-state index in [-0.39, 0.29) is 25.4 Å². The zero-order chi connectivity index (χ0) is 31.4. The lowest BCUT2D eigenvalue weighted by molar-refractivity contribution is 0.0572. The van der Waals surface area contributed by atoms with Gasteiger partial charge in [0.25, 0.3) is 11.8 Å². The van der Waals surface area contributed by atoms with Crippen molar-refractivity contribution in [2.75, 3.05) is 51.8 Å². The van der Waals surface area contributed by atoms with Crippen LogP contribution in [0.4, 0.5) is 5.69 Å². The van der Waals surface area contributed by atoms with E-state index in [2.05, 4.69) is 33.6 Å². The molecule has 2 atom stereocenters. The molecule has 2 amide bonds. The minimum absolute atomic E-state index is 0.0667. The van der Waals surface area contributed by atoms with Gasteiger partial charge >= 0.3 is 10.3 Å². The maximum absolute atomic E-state index is 14.2. The van der Waals surface area contributed by atoms with Gasteiger partial charge in [-0.2, -0.15) is 13.1 Å². The maximum atomic E-state index is 14.2. The highest BCUT2D eigenvalue weighted by Gasteiger charge is 2.43. The Labute approximate surface area is 258 Å². The van der Waals surface area contributed by atoms with Crippen LogP contribution in [0.15, 0.2) is 66.7 Å². The molecule has 2 aliphatic heterocycles. The van der Waals surface area contributed by atoms with Gasteiger partial charge in [0.15, 0.2) is 11.5 Å². The van der Waals surface area contributed by atoms with Gasteiger partial charge in [0.05, 0.1) is 37.1 Å². The second-order valence-corrected chi connectivity index (χ2v) is 12.2. The molecule has 0 saturated carbocycles. The molecule has 2 aliphatic rings. The van der Waals surface area contributed by atoms with Gasteiger partial charge in [0.1, 0.15) is 0 Å². The van der Waals surface area contributed by atoms with Gasteiger partial charge in [-0.15, -0.1) is 0 Å². The number of piperazine rings is 1. The van der Waals surface area contributed by atoms with Crippen LogP contribution in [-0.4, -0.2) is 81.5 Å². The van der Waals surface area contributed by atoms with E-state index < -0.39 is 28.2 Å². The van der Waals surface area contributed by atoms with E-state index in [1.165, 1.54) is 24.7 Å². The minimum Gasteiger partial charge on any atom is -0.493 e. The standard InChI is InChI=1S/C32H38N4O7S/c1-22(23-9-5-4-6-10-23)34-17-19-35(20-18-34)27-12-7-11-25-30(27)32(38)36(31(25)37)26(13-8-16-33-44(39,40)41)24-14-15-28(42-2)29(21-24)43-3/h4-7,9-12,14-15,21-22,26,33H,8,13,16-20H2,1-3H3,(H,39,40,41)/t22-,26-/m1/s1. The summed E-state index contributed by atoms with van der Waals surface area (Å²) in [5.74, 6) is 0.119. The van der Waals surface area contributed by atoms with Gasteiger partial charge < -0.3 is 14.4 Å². The number of carbonyl (C=O) groups excluding carboxylic acids is 2. The minimum atomic E-state index is -4.38. The van der Waals surface area contributed by atoms with Crippen molar-refractivity contribution in [2.24, 2.45) is 0 Å². The third-order valence-electron chi connectivity index (χ3n) is 8.45. The second-order valence-electron chi connectivity index (χ2n) is 10.9. The third-order valence-corrected chi connectivity index (χ3v) is 9.02. The van der Waals surface area contributed by atoms with Crippen molar-refractivity contribution in [1.29, 1.82) is 0 Å². The first-order chi connectivity index (χ1) is 21.1. The Morgan fingerprint density at radius 2 is 1.57 bits per heavy atom. The van der Waals surface area contributed by atoms with E-state index in [1.807, 2.05) is 30.3 Å². The number of ether oxygens (including phenoxy) is 2. The molecule has 0 spiro atoms. The van der Waals surface area contributed by atoms with E-state index in [0.717, 1.165) is 18.8 Å². The van der Waals surface area contributed by atoms with Gasteiger partial charge in [-0.1, -0.05) is 42.5 Å².